The standard InChI is InChI=1S/C13H24NO7P.C13H15O8P.C12H22NO7P.CH4/c1-10(2)12(15)19-8-11-6-4-5-7-14(11)13(16)20-9-21-22(3,17)18;1-8(2)12(14)19-7-20-13(15)9-4-5-10(21-22(16)17)11(6-9)18-3;1-9(2)11(14)18-7-10-5-4-6-13(10)12(15)19-8-20-21(3,16)17;/h10-11H,4-9H2,1-3H3,(H,17,18);4-6,8H,7H2,1-3H3;9-10H,4-8H2,1-3H3,(H,16,17);1H4/p+1. The van der Waals surface area contributed by atoms with Crippen molar-refractivity contribution in [2.75, 3.05) is 67.1 Å². The molecule has 2 aliphatic rings. The Hall–Kier alpha value is -4.40. The number of hydrogen-bond donors (Lipinski definition) is 3. The van der Waals surface area contributed by atoms with E-state index in [0.29, 0.717) is 25.9 Å². The van der Waals surface area contributed by atoms with Crippen LogP contribution in [-0.4, -0.2) is 140 Å². The minimum atomic E-state index is -3.68. The number of carbonyl (C=O) groups excluding carboxylic acids is 6. The summed E-state index contributed by atoms with van der Waals surface area (Å²) in [6, 6.07) is 3.41. The van der Waals surface area contributed by atoms with Gasteiger partial charge in [0, 0.05) is 31.0 Å². The lowest BCUT2D eigenvalue weighted by molar-refractivity contribution is -0.156. The van der Waals surface area contributed by atoms with Gasteiger partial charge in [0.1, 0.15) is 13.2 Å². The van der Waals surface area contributed by atoms with Crippen molar-refractivity contribution in [1.82, 2.24) is 9.80 Å². The molecule has 1 aromatic carbocycles. The number of piperidine rings is 1. The number of carbonyl (C=O) groups is 6. The van der Waals surface area contributed by atoms with E-state index in [0.717, 1.165) is 32.6 Å². The lowest BCUT2D eigenvalue weighted by atomic mass is 10.0. The number of ether oxygens (including phenoxy) is 7. The van der Waals surface area contributed by atoms with Gasteiger partial charge in [-0.15, -0.1) is 4.89 Å². The number of methoxy groups -OCH3 is 1. The molecule has 0 bridgehead atoms. The highest BCUT2D eigenvalue weighted by Gasteiger charge is 2.32. The molecule has 378 valence electrons. The Balaban J connectivity index is 0.000000953. The summed E-state index contributed by atoms with van der Waals surface area (Å²) in [5, 5.41) is 0. The quantitative estimate of drug-likeness (QED) is 0.0600. The Morgan fingerprint density at radius 3 is 1.53 bits per heavy atom. The second-order valence-electron chi connectivity index (χ2n) is 15.2. The Morgan fingerprint density at radius 1 is 0.667 bits per heavy atom. The zero-order chi connectivity index (χ0) is 49.5. The summed E-state index contributed by atoms with van der Waals surface area (Å²) in [7, 11) is -8.89. The van der Waals surface area contributed by atoms with E-state index in [1.165, 1.54) is 35.1 Å². The summed E-state index contributed by atoms with van der Waals surface area (Å²) < 4.78 is 80.5. The Kier molecular flexibility index (Phi) is 28.7. The summed E-state index contributed by atoms with van der Waals surface area (Å²) in [6.07, 6.45) is 2.69. The van der Waals surface area contributed by atoms with Gasteiger partial charge in [0.2, 0.25) is 26.1 Å². The first kappa shape index (κ1) is 61.6. The fourth-order valence-electron chi connectivity index (χ4n) is 5.21. The molecule has 0 aliphatic carbocycles. The van der Waals surface area contributed by atoms with Gasteiger partial charge in [-0.05, 0) is 50.3 Å². The van der Waals surface area contributed by atoms with Crippen LogP contribution in [0.15, 0.2) is 18.2 Å². The number of benzene rings is 1. The van der Waals surface area contributed by atoms with E-state index in [-0.39, 0.29) is 79.5 Å². The van der Waals surface area contributed by atoms with Gasteiger partial charge in [-0.25, -0.2) is 18.9 Å². The highest BCUT2D eigenvalue weighted by atomic mass is 31.2. The van der Waals surface area contributed by atoms with Gasteiger partial charge in [-0.2, -0.15) is 0 Å². The highest BCUT2D eigenvalue weighted by molar-refractivity contribution is 7.52. The van der Waals surface area contributed by atoms with E-state index in [1.54, 1.807) is 41.5 Å². The molecule has 3 N–H and O–H groups in total. The number of amides is 2. The third-order valence-electron chi connectivity index (χ3n) is 8.64. The van der Waals surface area contributed by atoms with Crippen LogP contribution in [0.2, 0.25) is 0 Å². The predicted molar refractivity (Wildman–Crippen MR) is 233 cm³/mol. The van der Waals surface area contributed by atoms with E-state index in [1.807, 2.05) is 0 Å². The molecule has 24 nitrogen and oxygen atoms in total. The zero-order valence-corrected chi connectivity index (χ0v) is 40.6. The molecule has 0 radical (unpaired) electrons. The number of esters is 4. The fourth-order valence-corrected chi connectivity index (χ4v) is 6.03. The maximum Gasteiger partial charge on any atom is 0.747 e. The SMILES string of the molecule is C.CC(C)C(=O)OCC1CCCCN1C(=O)OCOP(C)(=O)O.CC(C)C(=O)OCC1CCCN1C(=O)OCOP(C)(=O)O.COc1cc(C(=O)OCOC(=O)C(C)C)ccc1O[P+](=O)O. The molecule has 0 saturated carbocycles. The predicted octanol–water partition coefficient (Wildman–Crippen LogP) is 6.22. The first-order valence-corrected chi connectivity index (χ1v) is 25.4. The molecule has 5 unspecified atom stereocenters. The van der Waals surface area contributed by atoms with Gasteiger partial charge in [-0.1, -0.05) is 49.0 Å². The summed E-state index contributed by atoms with van der Waals surface area (Å²) in [6.45, 7) is 11.8. The number of nitrogens with zero attached hydrogens (tertiary/aromatic N) is 2. The van der Waals surface area contributed by atoms with Crippen molar-refractivity contribution in [3.05, 3.63) is 23.8 Å². The van der Waals surface area contributed by atoms with Crippen molar-refractivity contribution in [3.8, 4) is 11.5 Å². The van der Waals surface area contributed by atoms with Crippen LogP contribution in [-0.2, 0) is 65.5 Å². The van der Waals surface area contributed by atoms with Gasteiger partial charge < -0.3 is 52.7 Å². The van der Waals surface area contributed by atoms with E-state index < -0.39 is 68.0 Å². The molecule has 0 aromatic heterocycles. The maximum absolute atomic E-state index is 12.0. The minimum Gasteiger partial charge on any atom is -0.493 e. The minimum absolute atomic E-state index is 0. The monoisotopic (exact) mass is 1010 g/mol. The summed E-state index contributed by atoms with van der Waals surface area (Å²) in [4.78, 5) is 99.2. The van der Waals surface area contributed by atoms with Crippen LogP contribution in [0.25, 0.3) is 0 Å². The average Bonchev–Trinajstić information content (AvgIpc) is 3.70. The van der Waals surface area contributed by atoms with E-state index in [2.05, 4.69) is 13.6 Å². The van der Waals surface area contributed by atoms with Gasteiger partial charge >= 0.3 is 59.5 Å². The lowest BCUT2D eigenvalue weighted by Crippen LogP contribution is -2.47. The largest absolute Gasteiger partial charge is 0.747 e. The molecular formula is C39H66N2O22P3+. The summed E-state index contributed by atoms with van der Waals surface area (Å²) in [5.74, 6) is -2.52. The molecule has 5 atom stereocenters. The highest BCUT2D eigenvalue weighted by Crippen LogP contribution is 2.37. The van der Waals surface area contributed by atoms with Crippen molar-refractivity contribution in [1.29, 1.82) is 0 Å². The molecule has 3 rings (SSSR count). The lowest BCUT2D eigenvalue weighted by Gasteiger charge is -2.34. The molecule has 2 amide bonds. The van der Waals surface area contributed by atoms with Crippen LogP contribution >= 0.6 is 23.4 Å². The maximum atomic E-state index is 12.0. The summed E-state index contributed by atoms with van der Waals surface area (Å²) in [5.41, 5.74) is 0.109. The molecule has 66 heavy (non-hydrogen) atoms. The Morgan fingerprint density at radius 2 is 1.11 bits per heavy atom. The van der Waals surface area contributed by atoms with Crippen LogP contribution in [0.5, 0.6) is 11.5 Å². The Bertz CT molecular complexity index is 1830. The molecule has 2 heterocycles. The number of rotatable bonds is 19. The molecular weight excluding hydrogens is 941 g/mol. The molecule has 0 spiro atoms. The number of likely N-dealkylation sites (tertiary alicyclic amines) is 2. The fraction of sp³-hybridized carbons (Fsp3) is 0.692. The zero-order valence-electron chi connectivity index (χ0n) is 37.9. The molecule has 27 heteroatoms. The smallest absolute Gasteiger partial charge is 0.493 e. The molecule has 2 aliphatic heterocycles. The van der Waals surface area contributed by atoms with Crippen molar-refractivity contribution < 1.29 is 104 Å². The van der Waals surface area contributed by atoms with Crippen molar-refractivity contribution in [2.45, 2.75) is 93.2 Å². The van der Waals surface area contributed by atoms with Crippen LogP contribution < -0.4 is 9.26 Å². The van der Waals surface area contributed by atoms with E-state index in [9.17, 15) is 42.5 Å². The van der Waals surface area contributed by atoms with Crippen molar-refractivity contribution in [2.24, 2.45) is 17.8 Å². The van der Waals surface area contributed by atoms with E-state index in [4.69, 9.17) is 47.8 Å². The topological polar surface area (TPSA) is 313 Å². The normalized spacial score (nSPS) is 17.5. The third kappa shape index (κ3) is 25.5. The van der Waals surface area contributed by atoms with Crippen molar-refractivity contribution >= 4 is 59.5 Å². The number of hydrogen-bond acceptors (Lipinski definition) is 19. The van der Waals surface area contributed by atoms with Gasteiger partial charge in [0.15, 0.2) is 5.75 Å². The second-order valence-corrected chi connectivity index (χ2v) is 19.6. The second kappa shape index (κ2) is 30.8. The van der Waals surface area contributed by atoms with Crippen LogP contribution in [0.4, 0.5) is 9.59 Å². The van der Waals surface area contributed by atoms with Crippen molar-refractivity contribution in [3.63, 3.8) is 0 Å². The first-order valence-electron chi connectivity index (χ1n) is 20.2. The molecule has 2 saturated heterocycles. The van der Waals surface area contributed by atoms with E-state index >= 15 is 0 Å². The van der Waals surface area contributed by atoms with Crippen LogP contribution in [0, 0.1) is 17.8 Å². The average molecular weight is 1010 g/mol. The van der Waals surface area contributed by atoms with Gasteiger partial charge in [-0.3, -0.25) is 32.6 Å². The Labute approximate surface area is 385 Å². The third-order valence-corrected chi connectivity index (χ3v) is 10.2. The van der Waals surface area contributed by atoms with Gasteiger partial charge in [0.25, 0.3) is 0 Å². The molecule has 1 aromatic rings. The molecule has 2 fully saturated rings. The van der Waals surface area contributed by atoms with Gasteiger partial charge in [0.05, 0.1) is 42.5 Å². The first-order chi connectivity index (χ1) is 30.3. The summed E-state index contributed by atoms with van der Waals surface area (Å²) >= 11 is 0. The van der Waals surface area contributed by atoms with Crippen LogP contribution in [0.1, 0.15) is 91.4 Å². The van der Waals surface area contributed by atoms with Crippen LogP contribution in [0.3, 0.4) is 0 Å².